The molecule has 0 radical (unpaired) electrons. The fraction of sp³-hybridized carbons (Fsp3) is 0.652. The number of pyridine rings is 1. The first-order valence-electron chi connectivity index (χ1n) is 11.7. The number of rotatable bonds is 7. The van der Waals surface area contributed by atoms with Gasteiger partial charge in [-0.05, 0) is 50.7 Å². The first-order chi connectivity index (χ1) is 15.2. The predicted molar refractivity (Wildman–Crippen MR) is 115 cm³/mol. The third-order valence-corrected chi connectivity index (χ3v) is 6.69. The molecule has 2 aliphatic heterocycles. The normalized spacial score (nSPS) is 23.9. The second-order valence-electron chi connectivity index (χ2n) is 9.07. The second kappa shape index (κ2) is 8.94. The number of piperidine rings is 1. The van der Waals surface area contributed by atoms with Crippen molar-refractivity contribution in [2.24, 2.45) is 5.92 Å². The lowest BCUT2D eigenvalue weighted by atomic mass is 9.93. The van der Waals surface area contributed by atoms with Gasteiger partial charge in [-0.3, -0.25) is 9.59 Å². The molecule has 1 aliphatic carbocycles. The average Bonchev–Trinajstić information content (AvgIpc) is 3.41. The van der Waals surface area contributed by atoms with Gasteiger partial charge in [-0.15, -0.1) is 0 Å². The van der Waals surface area contributed by atoms with Gasteiger partial charge in [-0.2, -0.15) is 5.10 Å². The van der Waals surface area contributed by atoms with Crippen LogP contribution in [0.5, 0.6) is 0 Å². The minimum absolute atomic E-state index is 0.0861. The number of amides is 2. The Bertz CT molecular complexity index is 948. The molecule has 1 N–H and O–H groups in total. The Morgan fingerprint density at radius 2 is 2.10 bits per heavy atom. The maximum Gasteiger partial charge on any atom is 0.225 e. The largest absolute Gasteiger partial charge is 0.378 e. The zero-order valence-corrected chi connectivity index (χ0v) is 18.0. The summed E-state index contributed by atoms with van der Waals surface area (Å²) in [6.45, 7) is 3.44. The molecule has 1 saturated carbocycles. The Morgan fingerprint density at radius 1 is 1.19 bits per heavy atom. The number of aromatic nitrogens is 3. The molecule has 2 atom stereocenters. The van der Waals surface area contributed by atoms with Crippen molar-refractivity contribution in [1.82, 2.24) is 25.0 Å². The topological polar surface area (TPSA) is 89.4 Å². The van der Waals surface area contributed by atoms with Crippen molar-refractivity contribution in [3.63, 3.8) is 0 Å². The van der Waals surface area contributed by atoms with Crippen molar-refractivity contribution in [3.8, 4) is 0 Å². The van der Waals surface area contributed by atoms with Gasteiger partial charge < -0.3 is 15.0 Å². The van der Waals surface area contributed by atoms with Crippen LogP contribution in [0.15, 0.2) is 18.3 Å². The number of nitrogens with one attached hydrogen (secondary N) is 1. The third-order valence-electron chi connectivity index (χ3n) is 6.69. The molecule has 5 rings (SSSR count). The number of nitrogens with zero attached hydrogens (tertiary/aromatic N) is 4. The molecule has 31 heavy (non-hydrogen) atoms. The monoisotopic (exact) mass is 425 g/mol. The van der Waals surface area contributed by atoms with E-state index >= 15 is 0 Å². The zero-order chi connectivity index (χ0) is 21.2. The Hall–Kier alpha value is -2.48. The molecule has 0 bridgehead atoms. The van der Waals surface area contributed by atoms with Crippen molar-refractivity contribution in [2.45, 2.75) is 63.5 Å². The van der Waals surface area contributed by atoms with Crippen LogP contribution in [0.4, 0.5) is 0 Å². The van der Waals surface area contributed by atoms with Crippen molar-refractivity contribution < 1.29 is 14.3 Å². The Kier molecular flexibility index (Phi) is 5.89. The fourth-order valence-electron chi connectivity index (χ4n) is 4.82. The van der Waals surface area contributed by atoms with E-state index in [0.717, 1.165) is 68.4 Å². The molecule has 3 aliphatic rings. The van der Waals surface area contributed by atoms with Gasteiger partial charge in [0.25, 0.3) is 0 Å². The molecule has 8 nitrogen and oxygen atoms in total. The maximum absolute atomic E-state index is 12.8. The SMILES string of the molecule is O=C(NCCn1nc([C@H]2CCCN(C(=O)C[C@H]3CCCO3)C2)c2cccnc21)C1CC1. The molecule has 0 spiro atoms. The smallest absolute Gasteiger partial charge is 0.225 e. The summed E-state index contributed by atoms with van der Waals surface area (Å²) in [6.07, 6.45) is 8.41. The quantitative estimate of drug-likeness (QED) is 0.735. The highest BCUT2D eigenvalue weighted by atomic mass is 16.5. The van der Waals surface area contributed by atoms with Crippen LogP contribution in [0, 0.1) is 5.92 Å². The molecule has 4 heterocycles. The second-order valence-corrected chi connectivity index (χ2v) is 9.07. The van der Waals surface area contributed by atoms with Gasteiger partial charge >= 0.3 is 0 Å². The molecule has 2 aromatic rings. The zero-order valence-electron chi connectivity index (χ0n) is 18.0. The molecule has 2 amide bonds. The lowest BCUT2D eigenvalue weighted by Gasteiger charge is -2.32. The van der Waals surface area contributed by atoms with E-state index in [1.165, 1.54) is 0 Å². The van der Waals surface area contributed by atoms with E-state index in [2.05, 4.69) is 16.4 Å². The molecular formula is C23H31N5O3. The van der Waals surface area contributed by atoms with Gasteiger partial charge in [0.05, 0.1) is 24.8 Å². The van der Waals surface area contributed by atoms with Crippen LogP contribution in [0.2, 0.25) is 0 Å². The number of carbonyl (C=O) groups is 2. The Balaban J connectivity index is 1.28. The number of ether oxygens (including phenoxy) is 1. The van der Waals surface area contributed by atoms with Gasteiger partial charge in [0.15, 0.2) is 5.65 Å². The van der Waals surface area contributed by atoms with Crippen molar-refractivity contribution in [2.75, 3.05) is 26.2 Å². The van der Waals surface area contributed by atoms with E-state index in [-0.39, 0.29) is 29.8 Å². The van der Waals surface area contributed by atoms with Crippen LogP contribution in [0.1, 0.15) is 56.6 Å². The minimum atomic E-state index is 0.0861. The summed E-state index contributed by atoms with van der Waals surface area (Å²) < 4.78 is 7.57. The summed E-state index contributed by atoms with van der Waals surface area (Å²) in [7, 11) is 0. The number of hydrogen-bond donors (Lipinski definition) is 1. The van der Waals surface area contributed by atoms with Crippen LogP contribution in [-0.2, 0) is 20.9 Å². The van der Waals surface area contributed by atoms with Gasteiger partial charge in [0.2, 0.25) is 11.8 Å². The number of fused-ring (bicyclic) bond motifs is 1. The molecular weight excluding hydrogens is 394 g/mol. The summed E-state index contributed by atoms with van der Waals surface area (Å²) in [6, 6.07) is 4.01. The summed E-state index contributed by atoms with van der Waals surface area (Å²) >= 11 is 0. The first kappa shape index (κ1) is 20.4. The molecule has 166 valence electrons. The third kappa shape index (κ3) is 4.59. The fourth-order valence-corrected chi connectivity index (χ4v) is 4.82. The Labute approximate surface area is 182 Å². The maximum atomic E-state index is 12.8. The van der Waals surface area contributed by atoms with Crippen LogP contribution in [0.3, 0.4) is 0 Å². The highest BCUT2D eigenvalue weighted by Gasteiger charge is 2.31. The summed E-state index contributed by atoms with van der Waals surface area (Å²) in [5, 5.41) is 8.97. The van der Waals surface area contributed by atoms with E-state index in [1.807, 2.05) is 15.6 Å². The molecule has 8 heteroatoms. The molecule has 0 aromatic carbocycles. The van der Waals surface area contributed by atoms with Crippen LogP contribution < -0.4 is 5.32 Å². The number of carbonyl (C=O) groups excluding carboxylic acids is 2. The lowest BCUT2D eigenvalue weighted by molar-refractivity contribution is -0.134. The number of hydrogen-bond acceptors (Lipinski definition) is 5. The van der Waals surface area contributed by atoms with Gasteiger partial charge in [0.1, 0.15) is 0 Å². The van der Waals surface area contributed by atoms with Crippen molar-refractivity contribution in [1.29, 1.82) is 0 Å². The molecule has 2 aromatic heterocycles. The van der Waals surface area contributed by atoms with E-state index in [1.54, 1.807) is 6.20 Å². The van der Waals surface area contributed by atoms with Gasteiger partial charge in [-0.1, -0.05) is 0 Å². The van der Waals surface area contributed by atoms with E-state index in [0.29, 0.717) is 26.1 Å². The van der Waals surface area contributed by atoms with Crippen molar-refractivity contribution >= 4 is 22.8 Å². The standard InChI is InChI=1S/C23H31N5O3/c29-20(14-18-5-3-13-31-18)27-11-2-4-17(15-27)21-19-6-1-9-24-22(19)28(26-21)12-10-25-23(30)16-7-8-16/h1,6,9,16-18H,2-5,7-8,10-15H2,(H,25,30)/t17-,18+/m0/s1. The van der Waals surface area contributed by atoms with Crippen LogP contribution in [0.25, 0.3) is 11.0 Å². The van der Waals surface area contributed by atoms with E-state index in [9.17, 15) is 9.59 Å². The highest BCUT2D eigenvalue weighted by Crippen LogP contribution is 2.32. The van der Waals surface area contributed by atoms with Gasteiger partial charge in [0, 0.05) is 49.7 Å². The average molecular weight is 426 g/mol. The summed E-state index contributed by atoms with van der Waals surface area (Å²) in [5.74, 6) is 0.762. The summed E-state index contributed by atoms with van der Waals surface area (Å²) in [5.41, 5.74) is 1.87. The van der Waals surface area contributed by atoms with Crippen LogP contribution >= 0.6 is 0 Å². The number of likely N-dealkylation sites (tertiary alicyclic amines) is 1. The van der Waals surface area contributed by atoms with E-state index < -0.39 is 0 Å². The lowest BCUT2D eigenvalue weighted by Crippen LogP contribution is -2.40. The van der Waals surface area contributed by atoms with Crippen molar-refractivity contribution in [3.05, 3.63) is 24.0 Å². The molecule has 0 unspecified atom stereocenters. The Morgan fingerprint density at radius 3 is 2.90 bits per heavy atom. The molecule has 2 saturated heterocycles. The first-order valence-corrected chi connectivity index (χ1v) is 11.7. The van der Waals surface area contributed by atoms with Gasteiger partial charge in [-0.25, -0.2) is 9.67 Å². The highest BCUT2D eigenvalue weighted by molar-refractivity contribution is 5.81. The predicted octanol–water partition coefficient (Wildman–Crippen LogP) is 2.23. The van der Waals surface area contributed by atoms with Crippen LogP contribution in [-0.4, -0.2) is 63.8 Å². The minimum Gasteiger partial charge on any atom is -0.378 e. The van der Waals surface area contributed by atoms with E-state index in [4.69, 9.17) is 9.84 Å². The molecule has 3 fully saturated rings. The summed E-state index contributed by atoms with van der Waals surface area (Å²) in [4.78, 5) is 31.3.